The Bertz CT molecular complexity index is 493. The normalized spacial score (nSPS) is 19.8. The first-order chi connectivity index (χ1) is 14.5. The molecule has 0 aromatic heterocycles. The van der Waals surface area contributed by atoms with Crippen LogP contribution in [0.2, 0.25) is 13.3 Å². The Kier molecular flexibility index (Phi) is 15.1. The fourth-order valence-electron chi connectivity index (χ4n) is 5.07. The number of carbonyl (C=O) groups is 2. The van der Waals surface area contributed by atoms with Crippen molar-refractivity contribution in [3.8, 4) is 0 Å². The van der Waals surface area contributed by atoms with Crippen molar-refractivity contribution in [3.63, 3.8) is 0 Å². The van der Waals surface area contributed by atoms with E-state index in [1.807, 2.05) is 0 Å². The SMILES string of the molecule is CCC[CH2][Sn]([CH]=CC1CCC(=O)C1CCCCCCC(=O)O)([CH2]CCC)[CH2]CCC. The van der Waals surface area contributed by atoms with Crippen molar-refractivity contribution in [2.45, 2.75) is 124 Å². The van der Waals surface area contributed by atoms with Gasteiger partial charge in [-0.05, 0) is 0 Å². The average molecular weight is 527 g/mol. The first kappa shape index (κ1) is 27.7. The number of rotatable bonds is 18. The van der Waals surface area contributed by atoms with E-state index in [9.17, 15) is 9.59 Å². The molecule has 1 saturated carbocycles. The summed E-state index contributed by atoms with van der Waals surface area (Å²) in [7, 11) is 0. The molecule has 0 bridgehead atoms. The predicted octanol–water partition coefficient (Wildman–Crippen LogP) is 7.95. The molecule has 1 aliphatic carbocycles. The molecule has 0 saturated heterocycles. The summed E-state index contributed by atoms with van der Waals surface area (Å²) >= 11 is -2.26. The molecule has 2 atom stereocenters. The van der Waals surface area contributed by atoms with Crippen molar-refractivity contribution < 1.29 is 14.7 Å². The van der Waals surface area contributed by atoms with Gasteiger partial charge < -0.3 is 0 Å². The molecule has 30 heavy (non-hydrogen) atoms. The zero-order valence-corrected chi connectivity index (χ0v) is 22.9. The molecular weight excluding hydrogens is 479 g/mol. The standard InChI is InChI=1S/C14H21O3.3C4H9.Sn/c1-2-11-9-10-13(15)12(11)7-5-3-4-6-8-14(16)17;3*1-3-4-2;/h1-2,11-12H,3-10H2,(H,16,17);3*1,3-4H2,2H3;. The second kappa shape index (κ2) is 16.3. The third kappa shape index (κ3) is 10.8. The van der Waals surface area contributed by atoms with Gasteiger partial charge in [0, 0.05) is 0 Å². The summed E-state index contributed by atoms with van der Waals surface area (Å²) in [4.78, 5) is 23.2. The van der Waals surface area contributed by atoms with E-state index < -0.39 is 24.3 Å². The monoisotopic (exact) mass is 528 g/mol. The molecule has 174 valence electrons. The predicted molar refractivity (Wildman–Crippen MR) is 131 cm³/mol. The number of Topliss-reactive ketones (excluding diaryl/α,β-unsaturated/α-hetero) is 1. The Hall–Kier alpha value is -0.321. The summed E-state index contributed by atoms with van der Waals surface area (Å²) < 4.78 is 7.25. The van der Waals surface area contributed by atoms with E-state index in [4.69, 9.17) is 5.11 Å². The van der Waals surface area contributed by atoms with Crippen molar-refractivity contribution in [2.75, 3.05) is 0 Å². The zero-order chi connectivity index (χ0) is 22.2. The molecule has 0 aromatic rings. The van der Waals surface area contributed by atoms with Crippen LogP contribution in [0.1, 0.15) is 111 Å². The summed E-state index contributed by atoms with van der Waals surface area (Å²) in [5.41, 5.74) is 0. The van der Waals surface area contributed by atoms with Gasteiger partial charge in [-0.3, -0.25) is 0 Å². The fraction of sp³-hybridized carbons (Fsp3) is 0.846. The molecule has 3 nitrogen and oxygen atoms in total. The van der Waals surface area contributed by atoms with Crippen LogP contribution in [-0.2, 0) is 9.59 Å². The molecule has 0 heterocycles. The first-order valence-corrected chi connectivity index (χ1v) is 20.6. The number of aliphatic carboxylic acids is 1. The molecular formula is C26H48O3Sn. The third-order valence-electron chi connectivity index (χ3n) is 7.09. The van der Waals surface area contributed by atoms with Gasteiger partial charge in [-0.2, -0.15) is 0 Å². The maximum absolute atomic E-state index is 12.5. The van der Waals surface area contributed by atoms with Crippen molar-refractivity contribution in [2.24, 2.45) is 11.8 Å². The number of carboxylic acid groups (broad SMARTS) is 1. The van der Waals surface area contributed by atoms with Crippen LogP contribution in [0.5, 0.6) is 0 Å². The number of carbonyl (C=O) groups excluding carboxylic acids is 1. The quantitative estimate of drug-likeness (QED) is 0.145. The van der Waals surface area contributed by atoms with Gasteiger partial charge in [-0.25, -0.2) is 0 Å². The van der Waals surface area contributed by atoms with Crippen LogP contribution in [0.3, 0.4) is 0 Å². The zero-order valence-electron chi connectivity index (χ0n) is 20.1. The number of hydrogen-bond acceptors (Lipinski definition) is 2. The Morgan fingerprint density at radius 2 is 1.50 bits per heavy atom. The molecule has 0 aromatic carbocycles. The molecule has 1 N–H and O–H groups in total. The topological polar surface area (TPSA) is 54.4 Å². The van der Waals surface area contributed by atoms with Gasteiger partial charge in [0.05, 0.1) is 0 Å². The average Bonchev–Trinajstić information content (AvgIpc) is 3.09. The van der Waals surface area contributed by atoms with Gasteiger partial charge >= 0.3 is 191 Å². The summed E-state index contributed by atoms with van der Waals surface area (Å²) in [5, 5.41) is 8.75. The second-order valence-corrected chi connectivity index (χ2v) is 22.7. The van der Waals surface area contributed by atoms with Gasteiger partial charge in [0.15, 0.2) is 0 Å². The van der Waals surface area contributed by atoms with Gasteiger partial charge in [-0.15, -0.1) is 0 Å². The van der Waals surface area contributed by atoms with Crippen LogP contribution >= 0.6 is 0 Å². The van der Waals surface area contributed by atoms with E-state index in [2.05, 4.69) is 30.9 Å². The van der Waals surface area contributed by atoms with Crippen LogP contribution in [0.4, 0.5) is 0 Å². The minimum absolute atomic E-state index is 0.230. The molecule has 0 radical (unpaired) electrons. The van der Waals surface area contributed by atoms with E-state index in [0.29, 0.717) is 11.7 Å². The third-order valence-corrected chi connectivity index (χ3v) is 21.2. The van der Waals surface area contributed by atoms with Gasteiger partial charge in [0.1, 0.15) is 0 Å². The molecule has 1 fully saturated rings. The van der Waals surface area contributed by atoms with Crippen molar-refractivity contribution in [3.05, 3.63) is 10.2 Å². The number of carboxylic acids is 1. The second-order valence-electron chi connectivity index (χ2n) is 9.65. The van der Waals surface area contributed by atoms with Crippen molar-refractivity contribution in [1.82, 2.24) is 0 Å². The summed E-state index contributed by atoms with van der Waals surface area (Å²) in [5.74, 6) is 0.479. The van der Waals surface area contributed by atoms with Crippen LogP contribution in [0, 0.1) is 11.8 Å². The Labute approximate surface area is 190 Å². The van der Waals surface area contributed by atoms with Crippen LogP contribution in [0.25, 0.3) is 0 Å². The number of hydrogen-bond donors (Lipinski definition) is 1. The molecule has 1 rings (SSSR count). The van der Waals surface area contributed by atoms with E-state index in [1.54, 1.807) is 0 Å². The molecule has 0 amide bonds. The summed E-state index contributed by atoms with van der Waals surface area (Å²) in [6.07, 6.45) is 17.6. The Morgan fingerprint density at radius 1 is 0.933 bits per heavy atom. The molecule has 2 unspecified atom stereocenters. The number of allylic oxidation sites excluding steroid dienone is 1. The minimum atomic E-state index is -2.26. The van der Waals surface area contributed by atoms with E-state index in [1.165, 1.54) is 51.8 Å². The molecule has 4 heteroatoms. The van der Waals surface area contributed by atoms with Gasteiger partial charge in [-0.1, -0.05) is 0 Å². The van der Waals surface area contributed by atoms with Gasteiger partial charge in [0.2, 0.25) is 0 Å². The van der Waals surface area contributed by atoms with Crippen LogP contribution in [-0.4, -0.2) is 35.2 Å². The summed E-state index contributed by atoms with van der Waals surface area (Å²) in [6.45, 7) is 6.96. The Balaban J connectivity index is 2.70. The Morgan fingerprint density at radius 3 is 2.03 bits per heavy atom. The van der Waals surface area contributed by atoms with Crippen molar-refractivity contribution >= 4 is 30.1 Å². The van der Waals surface area contributed by atoms with E-state index >= 15 is 0 Å². The number of unbranched alkanes of at least 4 members (excludes halogenated alkanes) is 6. The molecule has 0 aliphatic heterocycles. The van der Waals surface area contributed by atoms with Crippen LogP contribution < -0.4 is 0 Å². The molecule has 1 aliphatic rings. The van der Waals surface area contributed by atoms with E-state index in [-0.39, 0.29) is 12.3 Å². The fourth-order valence-corrected chi connectivity index (χ4v) is 19.6. The maximum atomic E-state index is 12.5. The van der Waals surface area contributed by atoms with Gasteiger partial charge in [0.25, 0.3) is 0 Å². The first-order valence-electron chi connectivity index (χ1n) is 12.9. The van der Waals surface area contributed by atoms with Crippen LogP contribution in [0.15, 0.2) is 10.2 Å². The summed E-state index contributed by atoms with van der Waals surface area (Å²) in [6, 6.07) is 0. The van der Waals surface area contributed by atoms with Crippen molar-refractivity contribution in [1.29, 1.82) is 0 Å². The van der Waals surface area contributed by atoms with E-state index in [0.717, 1.165) is 44.9 Å². The number of ketones is 1. The molecule has 0 spiro atoms.